The summed E-state index contributed by atoms with van der Waals surface area (Å²) in [5.74, 6) is -0.981. The van der Waals surface area contributed by atoms with Gasteiger partial charge in [-0.2, -0.15) is 0 Å². The number of likely N-dealkylation sites (N-methyl/N-ethyl adjacent to an activating group) is 1. The molecule has 0 unspecified atom stereocenters. The molecule has 3 aromatic rings. The first-order valence-corrected chi connectivity index (χ1v) is 9.30. The molecule has 6 nitrogen and oxygen atoms in total. The Hall–Kier alpha value is -3.67. The summed E-state index contributed by atoms with van der Waals surface area (Å²) in [5, 5.41) is 7.35. The number of rotatable bonds is 6. The molecular formula is C23H23N3O3. The van der Waals surface area contributed by atoms with Crippen molar-refractivity contribution in [2.75, 3.05) is 25.5 Å². The molecule has 0 fully saturated rings. The van der Waals surface area contributed by atoms with Crippen LogP contribution in [0.2, 0.25) is 0 Å². The number of hydrogen-bond donors (Lipinski definition) is 2. The monoisotopic (exact) mass is 389 g/mol. The number of carbonyl (C=O) groups excluding carboxylic acids is 3. The number of anilines is 1. The van der Waals surface area contributed by atoms with E-state index in [0.29, 0.717) is 11.3 Å². The zero-order chi connectivity index (χ0) is 20.8. The van der Waals surface area contributed by atoms with Crippen molar-refractivity contribution in [2.45, 2.75) is 6.92 Å². The lowest BCUT2D eigenvalue weighted by molar-refractivity contribution is -0.132. The Morgan fingerprint density at radius 1 is 0.897 bits per heavy atom. The van der Waals surface area contributed by atoms with Crippen LogP contribution in [-0.4, -0.2) is 42.8 Å². The summed E-state index contributed by atoms with van der Waals surface area (Å²) in [6.45, 7) is 1.68. The standard InChI is InChI=1S/C23H23N3O3/c1-16-7-11-20(12-8-16)25-21(27)15-26(2)22(28)14-24-23(29)19-10-9-17-5-3-4-6-18(17)13-19/h3-13H,14-15H2,1-2H3,(H,24,29)(H,25,27). The van der Waals surface area contributed by atoms with Gasteiger partial charge in [0, 0.05) is 18.3 Å². The van der Waals surface area contributed by atoms with Gasteiger partial charge in [0.15, 0.2) is 0 Å². The van der Waals surface area contributed by atoms with Crippen molar-refractivity contribution < 1.29 is 14.4 Å². The maximum Gasteiger partial charge on any atom is 0.251 e. The highest BCUT2D eigenvalue weighted by molar-refractivity contribution is 6.00. The van der Waals surface area contributed by atoms with Gasteiger partial charge in [-0.3, -0.25) is 14.4 Å². The van der Waals surface area contributed by atoms with Gasteiger partial charge in [-0.25, -0.2) is 0 Å². The predicted molar refractivity (Wildman–Crippen MR) is 114 cm³/mol. The van der Waals surface area contributed by atoms with Crippen molar-refractivity contribution in [1.82, 2.24) is 10.2 Å². The smallest absolute Gasteiger partial charge is 0.251 e. The van der Waals surface area contributed by atoms with Crippen LogP contribution >= 0.6 is 0 Å². The Labute approximate surface area is 169 Å². The molecule has 0 heterocycles. The van der Waals surface area contributed by atoms with E-state index in [0.717, 1.165) is 16.3 Å². The number of hydrogen-bond acceptors (Lipinski definition) is 3. The minimum atomic E-state index is -0.349. The zero-order valence-electron chi connectivity index (χ0n) is 16.4. The highest BCUT2D eigenvalue weighted by Crippen LogP contribution is 2.15. The van der Waals surface area contributed by atoms with Crippen LogP contribution in [0.15, 0.2) is 66.7 Å². The van der Waals surface area contributed by atoms with E-state index >= 15 is 0 Å². The lowest BCUT2D eigenvalue weighted by atomic mass is 10.1. The van der Waals surface area contributed by atoms with E-state index in [9.17, 15) is 14.4 Å². The van der Waals surface area contributed by atoms with E-state index in [1.54, 1.807) is 24.3 Å². The third-order valence-corrected chi connectivity index (χ3v) is 4.55. The molecule has 0 saturated carbocycles. The second kappa shape index (κ2) is 9.01. The van der Waals surface area contributed by atoms with Gasteiger partial charge in [-0.15, -0.1) is 0 Å². The number of nitrogens with one attached hydrogen (secondary N) is 2. The minimum Gasteiger partial charge on any atom is -0.343 e. The topological polar surface area (TPSA) is 78.5 Å². The summed E-state index contributed by atoms with van der Waals surface area (Å²) in [6, 6.07) is 20.5. The van der Waals surface area contributed by atoms with Gasteiger partial charge < -0.3 is 15.5 Å². The molecule has 0 aliphatic rings. The van der Waals surface area contributed by atoms with Gasteiger partial charge in [0.1, 0.15) is 0 Å². The Bertz CT molecular complexity index is 1040. The molecule has 0 aliphatic heterocycles. The third kappa shape index (κ3) is 5.42. The normalized spacial score (nSPS) is 10.4. The number of amides is 3. The summed E-state index contributed by atoms with van der Waals surface area (Å²) < 4.78 is 0. The fourth-order valence-corrected chi connectivity index (χ4v) is 2.86. The van der Waals surface area contributed by atoms with Gasteiger partial charge in [0.2, 0.25) is 11.8 Å². The lowest BCUT2D eigenvalue weighted by Gasteiger charge is -2.17. The molecule has 0 saturated heterocycles. The summed E-state index contributed by atoms with van der Waals surface area (Å²) in [5.41, 5.74) is 2.25. The van der Waals surface area contributed by atoms with Crippen LogP contribution in [0.1, 0.15) is 15.9 Å². The van der Waals surface area contributed by atoms with E-state index in [2.05, 4.69) is 10.6 Å². The summed E-state index contributed by atoms with van der Waals surface area (Å²) in [4.78, 5) is 38.0. The second-order valence-electron chi connectivity index (χ2n) is 6.91. The Morgan fingerprint density at radius 2 is 1.59 bits per heavy atom. The first kappa shape index (κ1) is 20.1. The molecule has 0 bridgehead atoms. The van der Waals surface area contributed by atoms with Crippen LogP contribution in [0, 0.1) is 6.92 Å². The van der Waals surface area contributed by atoms with Gasteiger partial charge in [-0.1, -0.05) is 48.0 Å². The minimum absolute atomic E-state index is 0.0987. The number of aryl methyl sites for hydroxylation is 1. The fraction of sp³-hybridized carbons (Fsp3) is 0.174. The third-order valence-electron chi connectivity index (χ3n) is 4.55. The summed E-state index contributed by atoms with van der Waals surface area (Å²) >= 11 is 0. The van der Waals surface area contributed by atoms with Crippen molar-refractivity contribution in [3.05, 3.63) is 77.9 Å². The van der Waals surface area contributed by atoms with E-state index in [1.807, 2.05) is 49.4 Å². The van der Waals surface area contributed by atoms with Crippen molar-refractivity contribution in [1.29, 1.82) is 0 Å². The number of fused-ring (bicyclic) bond motifs is 1. The Kier molecular flexibility index (Phi) is 6.24. The average molecular weight is 389 g/mol. The fourth-order valence-electron chi connectivity index (χ4n) is 2.86. The molecular weight excluding hydrogens is 366 g/mol. The predicted octanol–water partition coefficient (Wildman–Crippen LogP) is 2.98. The molecule has 0 spiro atoms. The summed E-state index contributed by atoms with van der Waals surface area (Å²) in [6.07, 6.45) is 0. The lowest BCUT2D eigenvalue weighted by Crippen LogP contribution is -2.41. The largest absolute Gasteiger partial charge is 0.343 e. The van der Waals surface area contributed by atoms with Crippen LogP contribution in [0.5, 0.6) is 0 Å². The molecule has 0 aliphatic carbocycles. The Morgan fingerprint density at radius 3 is 2.31 bits per heavy atom. The zero-order valence-corrected chi connectivity index (χ0v) is 16.4. The first-order valence-electron chi connectivity index (χ1n) is 9.30. The van der Waals surface area contributed by atoms with E-state index in [1.165, 1.54) is 11.9 Å². The molecule has 3 rings (SSSR count). The van der Waals surface area contributed by atoms with E-state index in [4.69, 9.17) is 0 Å². The number of benzene rings is 3. The molecule has 0 radical (unpaired) electrons. The van der Waals surface area contributed by atoms with Crippen molar-refractivity contribution >= 4 is 34.2 Å². The van der Waals surface area contributed by atoms with Crippen LogP contribution < -0.4 is 10.6 Å². The van der Waals surface area contributed by atoms with E-state index < -0.39 is 0 Å². The average Bonchev–Trinajstić information content (AvgIpc) is 2.72. The van der Waals surface area contributed by atoms with Crippen LogP contribution in [0.3, 0.4) is 0 Å². The van der Waals surface area contributed by atoms with Gasteiger partial charge >= 0.3 is 0 Å². The molecule has 3 amide bonds. The van der Waals surface area contributed by atoms with Gasteiger partial charge in [0.05, 0.1) is 13.1 Å². The van der Waals surface area contributed by atoms with E-state index in [-0.39, 0.29) is 30.8 Å². The van der Waals surface area contributed by atoms with Crippen LogP contribution in [0.4, 0.5) is 5.69 Å². The van der Waals surface area contributed by atoms with Crippen molar-refractivity contribution in [3.8, 4) is 0 Å². The molecule has 3 aromatic carbocycles. The quantitative estimate of drug-likeness (QED) is 0.680. The van der Waals surface area contributed by atoms with Crippen molar-refractivity contribution in [2.24, 2.45) is 0 Å². The second-order valence-corrected chi connectivity index (χ2v) is 6.91. The molecule has 6 heteroatoms. The molecule has 29 heavy (non-hydrogen) atoms. The Balaban J connectivity index is 1.50. The number of nitrogens with zero attached hydrogens (tertiary/aromatic N) is 1. The van der Waals surface area contributed by atoms with Crippen LogP contribution in [-0.2, 0) is 9.59 Å². The summed E-state index contributed by atoms with van der Waals surface area (Å²) in [7, 11) is 1.53. The highest BCUT2D eigenvalue weighted by atomic mass is 16.2. The SMILES string of the molecule is Cc1ccc(NC(=O)CN(C)C(=O)CNC(=O)c2ccc3ccccc3c2)cc1. The first-order chi connectivity index (χ1) is 13.9. The highest BCUT2D eigenvalue weighted by Gasteiger charge is 2.15. The number of carbonyl (C=O) groups is 3. The maximum absolute atomic E-state index is 12.3. The molecule has 0 atom stereocenters. The van der Waals surface area contributed by atoms with Crippen LogP contribution in [0.25, 0.3) is 10.8 Å². The van der Waals surface area contributed by atoms with Crippen molar-refractivity contribution in [3.63, 3.8) is 0 Å². The molecule has 148 valence electrons. The van der Waals surface area contributed by atoms with Gasteiger partial charge in [0.25, 0.3) is 5.91 Å². The maximum atomic E-state index is 12.3. The molecule has 0 aromatic heterocycles. The molecule has 2 N–H and O–H groups in total. The van der Waals surface area contributed by atoms with Gasteiger partial charge in [-0.05, 0) is 42.0 Å².